The second-order valence-corrected chi connectivity index (χ2v) is 9.45. The SMILES string of the molecule is COC(=O)C1=C(C(F)(F)F)NC(C)=C(C(=O)OCCCc2ccc(OCC3CO3)cc2)C1c1ccccc1Cl. The molecule has 11 heteroatoms. The minimum absolute atomic E-state index is 0.00548. The Bertz CT molecular complexity index is 1280. The fourth-order valence-corrected chi connectivity index (χ4v) is 4.54. The molecule has 2 aliphatic rings. The lowest BCUT2D eigenvalue weighted by Crippen LogP contribution is -2.38. The number of allylic oxidation sites excluding steroid dienone is 2. The predicted molar refractivity (Wildman–Crippen MR) is 136 cm³/mol. The van der Waals surface area contributed by atoms with Gasteiger partial charge in [-0.2, -0.15) is 13.2 Å². The lowest BCUT2D eigenvalue weighted by atomic mass is 9.80. The third kappa shape index (κ3) is 6.93. The molecule has 2 atom stereocenters. The second-order valence-electron chi connectivity index (χ2n) is 9.05. The van der Waals surface area contributed by atoms with Gasteiger partial charge in [0.15, 0.2) is 0 Å². The monoisotopic (exact) mass is 565 g/mol. The van der Waals surface area contributed by atoms with E-state index >= 15 is 0 Å². The number of esters is 2. The lowest BCUT2D eigenvalue weighted by molar-refractivity contribution is -0.140. The molecular weight excluding hydrogens is 539 g/mol. The Morgan fingerprint density at radius 3 is 2.38 bits per heavy atom. The van der Waals surface area contributed by atoms with E-state index in [9.17, 15) is 22.8 Å². The Morgan fingerprint density at radius 2 is 1.77 bits per heavy atom. The van der Waals surface area contributed by atoms with Crippen molar-refractivity contribution in [2.45, 2.75) is 38.0 Å². The van der Waals surface area contributed by atoms with E-state index in [1.807, 2.05) is 24.3 Å². The van der Waals surface area contributed by atoms with Gasteiger partial charge in [0.1, 0.15) is 24.2 Å². The van der Waals surface area contributed by atoms with Crippen molar-refractivity contribution in [3.63, 3.8) is 0 Å². The van der Waals surface area contributed by atoms with Crippen LogP contribution in [0.3, 0.4) is 0 Å². The number of nitrogens with one attached hydrogen (secondary N) is 1. The third-order valence-electron chi connectivity index (χ3n) is 6.29. The van der Waals surface area contributed by atoms with Crippen LogP contribution in [0.2, 0.25) is 5.02 Å². The average Bonchev–Trinajstić information content (AvgIpc) is 3.74. The van der Waals surface area contributed by atoms with Gasteiger partial charge in [0.05, 0.1) is 37.4 Å². The van der Waals surface area contributed by atoms with E-state index in [1.54, 1.807) is 12.1 Å². The molecule has 0 aromatic heterocycles. The number of benzene rings is 2. The summed E-state index contributed by atoms with van der Waals surface area (Å²) < 4.78 is 62.8. The number of epoxide rings is 1. The smallest absolute Gasteiger partial charge is 0.431 e. The van der Waals surface area contributed by atoms with E-state index in [2.05, 4.69) is 10.1 Å². The first-order valence-corrected chi connectivity index (χ1v) is 12.6. The van der Waals surface area contributed by atoms with Crippen LogP contribution in [-0.2, 0) is 30.2 Å². The summed E-state index contributed by atoms with van der Waals surface area (Å²) in [7, 11) is 0.969. The predicted octanol–water partition coefficient (Wildman–Crippen LogP) is 5.24. The van der Waals surface area contributed by atoms with Crippen LogP contribution >= 0.6 is 11.6 Å². The van der Waals surface area contributed by atoms with Gasteiger partial charge in [-0.15, -0.1) is 0 Å². The van der Waals surface area contributed by atoms with Crippen LogP contribution in [0.25, 0.3) is 0 Å². The number of ether oxygens (including phenoxy) is 4. The van der Waals surface area contributed by atoms with Crippen LogP contribution in [0.5, 0.6) is 5.75 Å². The quantitative estimate of drug-likeness (QED) is 0.239. The molecule has 0 spiro atoms. The van der Waals surface area contributed by atoms with Crippen LogP contribution in [0.4, 0.5) is 13.2 Å². The van der Waals surface area contributed by atoms with E-state index in [0.29, 0.717) is 26.1 Å². The number of carbonyl (C=O) groups excluding carboxylic acids is 2. The van der Waals surface area contributed by atoms with Crippen LogP contribution in [0, 0.1) is 0 Å². The van der Waals surface area contributed by atoms with Crippen LogP contribution in [0.1, 0.15) is 30.4 Å². The molecule has 0 radical (unpaired) electrons. The third-order valence-corrected chi connectivity index (χ3v) is 6.64. The van der Waals surface area contributed by atoms with Crippen molar-refractivity contribution in [2.24, 2.45) is 0 Å². The van der Waals surface area contributed by atoms with Crippen molar-refractivity contribution in [3.05, 3.63) is 87.2 Å². The van der Waals surface area contributed by atoms with Crippen molar-refractivity contribution in [2.75, 3.05) is 26.9 Å². The van der Waals surface area contributed by atoms with Gasteiger partial charge in [-0.25, -0.2) is 9.59 Å². The summed E-state index contributed by atoms with van der Waals surface area (Å²) in [4.78, 5) is 25.9. The van der Waals surface area contributed by atoms with Crippen molar-refractivity contribution in [3.8, 4) is 5.75 Å². The van der Waals surface area contributed by atoms with Crippen LogP contribution in [-0.4, -0.2) is 51.1 Å². The fraction of sp³-hybridized carbons (Fsp3) is 0.357. The second kappa shape index (κ2) is 12.1. The maximum Gasteiger partial charge on any atom is 0.431 e. The molecule has 2 heterocycles. The molecular formula is C28H27ClF3NO6. The van der Waals surface area contributed by atoms with Crippen molar-refractivity contribution >= 4 is 23.5 Å². The maximum absolute atomic E-state index is 14.0. The number of rotatable bonds is 10. The molecule has 1 saturated heterocycles. The topological polar surface area (TPSA) is 86.4 Å². The van der Waals surface area contributed by atoms with Crippen molar-refractivity contribution < 1.29 is 41.7 Å². The highest BCUT2D eigenvalue weighted by atomic mass is 35.5. The van der Waals surface area contributed by atoms with E-state index in [4.69, 9.17) is 25.8 Å². The molecule has 0 bridgehead atoms. The van der Waals surface area contributed by atoms with E-state index in [-0.39, 0.29) is 34.6 Å². The zero-order valence-electron chi connectivity index (χ0n) is 21.3. The summed E-state index contributed by atoms with van der Waals surface area (Å²) in [6, 6.07) is 13.6. The van der Waals surface area contributed by atoms with Gasteiger partial charge in [-0.1, -0.05) is 41.9 Å². The van der Waals surface area contributed by atoms with Crippen LogP contribution in [0.15, 0.2) is 71.1 Å². The number of halogens is 4. The van der Waals surface area contributed by atoms with Gasteiger partial charge >= 0.3 is 18.1 Å². The van der Waals surface area contributed by atoms with Gasteiger partial charge in [0.2, 0.25) is 0 Å². The molecule has 1 fully saturated rings. The number of aryl methyl sites for hydroxylation is 1. The zero-order chi connectivity index (χ0) is 28.2. The number of hydrogen-bond acceptors (Lipinski definition) is 7. The number of hydrogen-bond donors (Lipinski definition) is 1. The van der Waals surface area contributed by atoms with E-state index < -0.39 is 35.3 Å². The first-order valence-electron chi connectivity index (χ1n) is 12.2. The molecule has 208 valence electrons. The van der Waals surface area contributed by atoms with E-state index in [1.165, 1.54) is 19.1 Å². The molecule has 1 N–H and O–H groups in total. The average molecular weight is 566 g/mol. The Kier molecular flexibility index (Phi) is 8.87. The molecule has 2 aromatic carbocycles. The molecule has 2 aromatic rings. The summed E-state index contributed by atoms with van der Waals surface area (Å²) in [6.45, 7) is 2.54. The number of alkyl halides is 3. The molecule has 7 nitrogen and oxygen atoms in total. The Balaban J connectivity index is 1.49. The van der Waals surface area contributed by atoms with Gasteiger partial charge < -0.3 is 24.3 Å². The van der Waals surface area contributed by atoms with Gasteiger partial charge in [0, 0.05) is 10.7 Å². The molecule has 0 aliphatic carbocycles. The minimum Gasteiger partial charge on any atom is -0.491 e. The normalized spacial score (nSPS) is 18.9. The maximum atomic E-state index is 14.0. The highest BCUT2D eigenvalue weighted by Gasteiger charge is 2.47. The summed E-state index contributed by atoms with van der Waals surface area (Å²) in [5.41, 5.74) is -1.20. The standard InChI is InChI=1S/C28H27ClF3NO6/c1-16-22(27(35)37-13-5-6-17-9-11-18(12-10-17)38-14-19-15-39-19)23(20-7-3-4-8-21(20)29)24(26(34)36-2)25(33-16)28(30,31)32/h3-4,7-12,19,23,33H,5-6,13-15H2,1-2H3. The van der Waals surface area contributed by atoms with Gasteiger partial charge in [0.25, 0.3) is 0 Å². The largest absolute Gasteiger partial charge is 0.491 e. The molecule has 0 amide bonds. The molecule has 2 aliphatic heterocycles. The van der Waals surface area contributed by atoms with Crippen LogP contribution < -0.4 is 10.1 Å². The summed E-state index contributed by atoms with van der Waals surface area (Å²) >= 11 is 6.33. The first-order chi connectivity index (χ1) is 18.6. The molecule has 0 saturated carbocycles. The summed E-state index contributed by atoms with van der Waals surface area (Å²) in [5.74, 6) is -2.83. The van der Waals surface area contributed by atoms with Gasteiger partial charge in [-0.05, 0) is 49.1 Å². The molecule has 39 heavy (non-hydrogen) atoms. The molecule has 2 unspecified atom stereocenters. The fourth-order valence-electron chi connectivity index (χ4n) is 4.30. The molecule has 4 rings (SSSR count). The highest BCUT2D eigenvalue weighted by Crippen LogP contribution is 2.45. The summed E-state index contributed by atoms with van der Waals surface area (Å²) in [5, 5.41) is 2.27. The number of methoxy groups -OCH3 is 1. The highest BCUT2D eigenvalue weighted by molar-refractivity contribution is 6.31. The van der Waals surface area contributed by atoms with Gasteiger partial charge in [-0.3, -0.25) is 0 Å². The van der Waals surface area contributed by atoms with E-state index in [0.717, 1.165) is 18.4 Å². The lowest BCUT2D eigenvalue weighted by Gasteiger charge is -2.32. The minimum atomic E-state index is -4.92. The Morgan fingerprint density at radius 1 is 1.08 bits per heavy atom. The number of dihydropyridines is 1. The first kappa shape index (κ1) is 28.5. The van der Waals surface area contributed by atoms with Crippen molar-refractivity contribution in [1.82, 2.24) is 5.32 Å². The summed E-state index contributed by atoms with van der Waals surface area (Å²) in [6.07, 6.45) is -3.71. The Hall–Kier alpha value is -3.50. The number of carbonyl (C=O) groups is 2. The van der Waals surface area contributed by atoms with Crippen molar-refractivity contribution in [1.29, 1.82) is 0 Å². The zero-order valence-corrected chi connectivity index (χ0v) is 22.0. The Labute approximate surface area is 228 Å².